The quantitative estimate of drug-likeness (QED) is 0.861. The average molecular weight is 377 g/mol. The zero-order valence-corrected chi connectivity index (χ0v) is 15.5. The monoisotopic (exact) mass is 376 g/mol. The van der Waals surface area contributed by atoms with Crippen LogP contribution in [0.4, 0.5) is 11.6 Å². The first-order chi connectivity index (χ1) is 12.6. The second-order valence-corrected chi connectivity index (χ2v) is 6.34. The van der Waals surface area contributed by atoms with Crippen LogP contribution in [0, 0.1) is 0 Å². The molecule has 0 spiro atoms. The van der Waals surface area contributed by atoms with Gasteiger partial charge in [-0.1, -0.05) is 11.6 Å². The highest BCUT2D eigenvalue weighted by Gasteiger charge is 2.18. The molecule has 1 amide bonds. The van der Waals surface area contributed by atoms with E-state index in [4.69, 9.17) is 21.1 Å². The van der Waals surface area contributed by atoms with Gasteiger partial charge in [-0.05, 0) is 25.3 Å². The number of methoxy groups -OCH3 is 2. The van der Waals surface area contributed by atoms with E-state index in [9.17, 15) is 4.79 Å². The predicted molar refractivity (Wildman–Crippen MR) is 101 cm³/mol. The van der Waals surface area contributed by atoms with Crippen molar-refractivity contribution in [1.82, 2.24) is 9.97 Å². The smallest absolute Gasteiger partial charge is 0.274 e. The predicted octanol–water partition coefficient (Wildman–Crippen LogP) is 3.39. The van der Waals surface area contributed by atoms with E-state index in [2.05, 4.69) is 20.2 Å². The van der Waals surface area contributed by atoms with Crippen LogP contribution in [-0.4, -0.2) is 43.2 Å². The number of anilines is 2. The third-order valence-electron chi connectivity index (χ3n) is 4.24. The lowest BCUT2D eigenvalue weighted by Gasteiger charge is -2.26. The Hall–Kier alpha value is -2.54. The zero-order chi connectivity index (χ0) is 18.5. The molecule has 26 heavy (non-hydrogen) atoms. The maximum atomic E-state index is 12.7. The molecule has 0 aliphatic carbocycles. The van der Waals surface area contributed by atoms with Gasteiger partial charge in [0.05, 0.1) is 24.9 Å². The number of hydrogen-bond acceptors (Lipinski definition) is 6. The van der Waals surface area contributed by atoms with E-state index in [1.807, 2.05) is 0 Å². The van der Waals surface area contributed by atoms with Crippen molar-refractivity contribution in [2.75, 3.05) is 37.5 Å². The van der Waals surface area contributed by atoms with Crippen LogP contribution in [-0.2, 0) is 0 Å². The minimum atomic E-state index is -0.353. The standard InChI is InChI=1S/C18H21ClN4O3/c1-25-15-11-14(16(26-2)10-12(15)19)21-17(24)13-6-7-20-18(22-13)23-8-4-3-5-9-23/h6-7,10-11H,3-5,8-9H2,1-2H3,(H,21,24). The van der Waals surface area contributed by atoms with Gasteiger partial charge in [0.2, 0.25) is 5.95 Å². The molecule has 3 rings (SSSR count). The fourth-order valence-corrected chi connectivity index (χ4v) is 3.10. The Labute approximate surface area is 157 Å². The fourth-order valence-electron chi connectivity index (χ4n) is 2.87. The number of rotatable bonds is 5. The summed E-state index contributed by atoms with van der Waals surface area (Å²) in [5.74, 6) is 1.11. The number of amides is 1. The van der Waals surface area contributed by atoms with Crippen LogP contribution in [0.25, 0.3) is 0 Å². The summed E-state index contributed by atoms with van der Waals surface area (Å²) in [7, 11) is 3.02. The number of ether oxygens (including phenoxy) is 2. The highest BCUT2D eigenvalue weighted by Crippen LogP contribution is 2.36. The lowest BCUT2D eigenvalue weighted by Crippen LogP contribution is -2.31. The van der Waals surface area contributed by atoms with E-state index in [1.54, 1.807) is 24.4 Å². The number of halogens is 1. The lowest BCUT2D eigenvalue weighted by atomic mass is 10.1. The van der Waals surface area contributed by atoms with Crippen molar-refractivity contribution >= 4 is 29.1 Å². The molecule has 0 saturated carbocycles. The van der Waals surface area contributed by atoms with Gasteiger partial charge in [-0.3, -0.25) is 4.79 Å². The van der Waals surface area contributed by atoms with Crippen LogP contribution < -0.4 is 19.7 Å². The molecule has 1 N–H and O–H groups in total. The molecule has 1 aromatic carbocycles. The van der Waals surface area contributed by atoms with Crippen LogP contribution in [0.3, 0.4) is 0 Å². The summed E-state index contributed by atoms with van der Waals surface area (Å²) in [6.07, 6.45) is 5.05. The number of carbonyl (C=O) groups excluding carboxylic acids is 1. The molecule has 0 bridgehead atoms. The van der Waals surface area contributed by atoms with Crippen molar-refractivity contribution < 1.29 is 14.3 Å². The van der Waals surface area contributed by atoms with Crippen LogP contribution in [0.15, 0.2) is 24.4 Å². The van der Waals surface area contributed by atoms with Crippen molar-refractivity contribution in [2.24, 2.45) is 0 Å². The van der Waals surface area contributed by atoms with Crippen LogP contribution in [0.2, 0.25) is 5.02 Å². The van der Waals surface area contributed by atoms with Gasteiger partial charge < -0.3 is 19.7 Å². The third-order valence-corrected chi connectivity index (χ3v) is 4.53. The first kappa shape index (κ1) is 18.3. The summed E-state index contributed by atoms with van der Waals surface area (Å²) < 4.78 is 10.5. The molecule has 138 valence electrons. The first-order valence-electron chi connectivity index (χ1n) is 8.43. The van der Waals surface area contributed by atoms with Gasteiger partial charge in [0.1, 0.15) is 17.2 Å². The largest absolute Gasteiger partial charge is 0.495 e. The minimum Gasteiger partial charge on any atom is -0.495 e. The van der Waals surface area contributed by atoms with Crippen molar-refractivity contribution in [3.8, 4) is 11.5 Å². The summed E-state index contributed by atoms with van der Waals surface area (Å²) in [6.45, 7) is 1.82. The maximum absolute atomic E-state index is 12.7. The average Bonchev–Trinajstić information content (AvgIpc) is 2.69. The van der Waals surface area contributed by atoms with Gasteiger partial charge in [0, 0.05) is 31.4 Å². The Morgan fingerprint density at radius 1 is 1.15 bits per heavy atom. The molecule has 1 saturated heterocycles. The summed E-state index contributed by atoms with van der Waals surface area (Å²) in [5.41, 5.74) is 0.744. The van der Waals surface area contributed by atoms with E-state index in [0.29, 0.717) is 28.2 Å². The molecule has 0 atom stereocenters. The highest BCUT2D eigenvalue weighted by atomic mass is 35.5. The second kappa shape index (κ2) is 8.23. The van der Waals surface area contributed by atoms with E-state index < -0.39 is 0 Å². The molecule has 2 aromatic rings. The minimum absolute atomic E-state index is 0.288. The second-order valence-electron chi connectivity index (χ2n) is 5.93. The van der Waals surface area contributed by atoms with Crippen LogP contribution in [0.1, 0.15) is 29.8 Å². The molecular weight excluding hydrogens is 356 g/mol. The van der Waals surface area contributed by atoms with Crippen molar-refractivity contribution in [3.05, 3.63) is 35.1 Å². The van der Waals surface area contributed by atoms with E-state index in [-0.39, 0.29) is 11.6 Å². The topological polar surface area (TPSA) is 76.6 Å². The van der Waals surface area contributed by atoms with Crippen LogP contribution in [0.5, 0.6) is 11.5 Å². The molecule has 0 radical (unpaired) electrons. The molecule has 2 heterocycles. The Morgan fingerprint density at radius 3 is 2.58 bits per heavy atom. The molecular formula is C18H21ClN4O3. The number of aromatic nitrogens is 2. The first-order valence-corrected chi connectivity index (χ1v) is 8.81. The Morgan fingerprint density at radius 2 is 1.88 bits per heavy atom. The number of piperidine rings is 1. The summed E-state index contributed by atoms with van der Waals surface area (Å²) in [6, 6.07) is 4.79. The number of carbonyl (C=O) groups is 1. The Balaban J connectivity index is 1.82. The normalized spacial score (nSPS) is 14.0. The van der Waals surface area contributed by atoms with Gasteiger partial charge >= 0.3 is 0 Å². The number of nitrogens with zero attached hydrogens (tertiary/aromatic N) is 3. The van der Waals surface area contributed by atoms with Gasteiger partial charge in [-0.2, -0.15) is 0 Å². The van der Waals surface area contributed by atoms with E-state index in [1.165, 1.54) is 20.6 Å². The third kappa shape index (κ3) is 3.99. The lowest BCUT2D eigenvalue weighted by molar-refractivity contribution is 0.102. The van der Waals surface area contributed by atoms with Gasteiger partial charge in [0.15, 0.2) is 0 Å². The van der Waals surface area contributed by atoms with Gasteiger partial charge in [0.25, 0.3) is 5.91 Å². The Bertz CT molecular complexity index is 794. The molecule has 1 aliphatic rings. The Kier molecular flexibility index (Phi) is 5.78. The number of benzene rings is 1. The van der Waals surface area contributed by atoms with E-state index >= 15 is 0 Å². The summed E-state index contributed by atoms with van der Waals surface area (Å²) in [5, 5.41) is 3.20. The fraction of sp³-hybridized carbons (Fsp3) is 0.389. The van der Waals surface area contributed by atoms with Crippen molar-refractivity contribution in [3.63, 3.8) is 0 Å². The molecule has 0 unspecified atom stereocenters. The molecule has 7 nitrogen and oxygen atoms in total. The highest BCUT2D eigenvalue weighted by molar-refractivity contribution is 6.32. The SMILES string of the molecule is COc1cc(NC(=O)c2ccnc(N3CCCCC3)n2)c(OC)cc1Cl. The number of hydrogen-bond donors (Lipinski definition) is 1. The van der Waals surface area contributed by atoms with Crippen LogP contribution >= 0.6 is 11.6 Å². The van der Waals surface area contributed by atoms with Gasteiger partial charge in [-0.25, -0.2) is 9.97 Å². The molecule has 1 aromatic heterocycles. The summed E-state index contributed by atoms with van der Waals surface area (Å²) in [4.78, 5) is 23.5. The molecule has 8 heteroatoms. The van der Waals surface area contributed by atoms with E-state index in [0.717, 1.165) is 25.9 Å². The van der Waals surface area contributed by atoms with Gasteiger partial charge in [-0.15, -0.1) is 0 Å². The zero-order valence-electron chi connectivity index (χ0n) is 14.8. The maximum Gasteiger partial charge on any atom is 0.274 e. The molecule has 1 aliphatic heterocycles. The number of nitrogens with one attached hydrogen (secondary N) is 1. The van der Waals surface area contributed by atoms with Crippen molar-refractivity contribution in [1.29, 1.82) is 0 Å². The summed E-state index contributed by atoms with van der Waals surface area (Å²) >= 11 is 6.10. The molecule has 1 fully saturated rings. The van der Waals surface area contributed by atoms with Crippen molar-refractivity contribution in [2.45, 2.75) is 19.3 Å².